The number of rotatable bonds is 2. The molecule has 0 aliphatic heterocycles. The number of benzene rings is 2. The maximum absolute atomic E-state index is 14.0. The second kappa shape index (κ2) is 5.64. The van der Waals surface area contributed by atoms with Crippen LogP contribution in [0.2, 0.25) is 0 Å². The minimum atomic E-state index is -1.24. The minimum absolute atomic E-state index is 0.0124. The average molecular weight is 395 g/mol. The number of halogens is 5. The van der Waals surface area contributed by atoms with Crippen molar-refractivity contribution < 1.29 is 13.2 Å². The third kappa shape index (κ3) is 2.70. The van der Waals surface area contributed by atoms with Crippen LogP contribution in [0.3, 0.4) is 0 Å². The molecule has 0 saturated heterocycles. The Labute approximate surface area is 124 Å². The van der Waals surface area contributed by atoms with E-state index >= 15 is 0 Å². The SMILES string of the molecule is NC(c1c(F)cccc1Br)c1c(F)ccc(Br)c1F. The molecule has 0 aromatic heterocycles. The number of hydrogen-bond acceptors (Lipinski definition) is 1. The highest BCUT2D eigenvalue weighted by Gasteiger charge is 2.24. The first-order valence-corrected chi connectivity index (χ1v) is 6.85. The summed E-state index contributed by atoms with van der Waals surface area (Å²) in [5, 5.41) is 0. The Morgan fingerprint density at radius 2 is 1.47 bits per heavy atom. The van der Waals surface area contributed by atoms with Crippen LogP contribution in [0.25, 0.3) is 0 Å². The van der Waals surface area contributed by atoms with Crippen molar-refractivity contribution >= 4 is 31.9 Å². The normalized spacial score (nSPS) is 12.5. The summed E-state index contributed by atoms with van der Waals surface area (Å²) in [5.41, 5.74) is 5.46. The summed E-state index contributed by atoms with van der Waals surface area (Å²) < 4.78 is 41.9. The second-order valence-corrected chi connectivity index (χ2v) is 5.58. The Kier molecular flexibility index (Phi) is 4.32. The van der Waals surface area contributed by atoms with Gasteiger partial charge in [0.05, 0.1) is 10.5 Å². The molecule has 19 heavy (non-hydrogen) atoms. The lowest BCUT2D eigenvalue weighted by molar-refractivity contribution is 0.529. The second-order valence-electron chi connectivity index (χ2n) is 3.87. The maximum Gasteiger partial charge on any atom is 0.145 e. The molecule has 1 nitrogen and oxygen atoms in total. The van der Waals surface area contributed by atoms with Gasteiger partial charge in [0.25, 0.3) is 0 Å². The van der Waals surface area contributed by atoms with Crippen LogP contribution in [0.15, 0.2) is 39.3 Å². The highest BCUT2D eigenvalue weighted by atomic mass is 79.9. The van der Waals surface area contributed by atoms with Crippen LogP contribution in [0.4, 0.5) is 13.2 Å². The third-order valence-electron chi connectivity index (χ3n) is 2.70. The Bertz CT molecular complexity index is 611. The van der Waals surface area contributed by atoms with Crippen molar-refractivity contribution in [3.63, 3.8) is 0 Å². The molecule has 0 radical (unpaired) electrons. The quantitative estimate of drug-likeness (QED) is 0.735. The number of hydrogen-bond donors (Lipinski definition) is 1. The summed E-state index contributed by atoms with van der Waals surface area (Å²) >= 11 is 6.09. The Hall–Kier alpha value is -0.850. The van der Waals surface area contributed by atoms with Gasteiger partial charge in [-0.05, 0) is 40.2 Å². The van der Waals surface area contributed by atoms with Gasteiger partial charge in [-0.3, -0.25) is 0 Å². The van der Waals surface area contributed by atoms with Crippen LogP contribution in [-0.4, -0.2) is 0 Å². The van der Waals surface area contributed by atoms with E-state index in [1.807, 2.05) is 0 Å². The molecule has 2 aromatic rings. The summed E-state index contributed by atoms with van der Waals surface area (Å²) in [6, 6.07) is 5.30. The minimum Gasteiger partial charge on any atom is -0.320 e. The standard InChI is InChI=1S/C13H8Br2F3N/c14-6-2-1-3-8(16)10(6)13(19)11-9(17)5-4-7(15)12(11)18/h1-5,13H,19H2. The lowest BCUT2D eigenvalue weighted by Crippen LogP contribution is -2.18. The predicted molar refractivity (Wildman–Crippen MR) is 74.2 cm³/mol. The first-order chi connectivity index (χ1) is 8.93. The summed E-state index contributed by atoms with van der Waals surface area (Å²) in [6.45, 7) is 0. The molecule has 2 rings (SSSR count). The molecule has 6 heteroatoms. The van der Waals surface area contributed by atoms with E-state index in [4.69, 9.17) is 5.73 Å². The van der Waals surface area contributed by atoms with Gasteiger partial charge < -0.3 is 5.73 Å². The lowest BCUT2D eigenvalue weighted by Gasteiger charge is -2.17. The zero-order valence-corrected chi connectivity index (χ0v) is 12.6. The summed E-state index contributed by atoms with van der Waals surface area (Å²) in [7, 11) is 0. The van der Waals surface area contributed by atoms with Gasteiger partial charge in [0, 0.05) is 15.6 Å². The van der Waals surface area contributed by atoms with Crippen LogP contribution in [0, 0.1) is 17.5 Å². The molecule has 0 bridgehead atoms. The fourth-order valence-corrected chi connectivity index (χ4v) is 2.71. The molecule has 0 aliphatic rings. The third-order valence-corrected chi connectivity index (χ3v) is 4.01. The zero-order valence-electron chi connectivity index (χ0n) is 9.43. The van der Waals surface area contributed by atoms with Crippen LogP contribution in [0.1, 0.15) is 17.2 Å². The van der Waals surface area contributed by atoms with Gasteiger partial charge in [0.15, 0.2) is 0 Å². The molecule has 0 aliphatic carbocycles. The molecule has 0 heterocycles. The monoisotopic (exact) mass is 393 g/mol. The van der Waals surface area contributed by atoms with Gasteiger partial charge in [0.2, 0.25) is 0 Å². The summed E-state index contributed by atoms with van der Waals surface area (Å²) in [5.74, 6) is -2.27. The fourth-order valence-electron chi connectivity index (χ4n) is 1.78. The van der Waals surface area contributed by atoms with Crippen molar-refractivity contribution in [1.29, 1.82) is 0 Å². The zero-order chi connectivity index (χ0) is 14.2. The van der Waals surface area contributed by atoms with Gasteiger partial charge in [-0.2, -0.15) is 0 Å². The Morgan fingerprint density at radius 1 is 0.842 bits per heavy atom. The highest BCUT2D eigenvalue weighted by molar-refractivity contribution is 9.10. The van der Waals surface area contributed by atoms with Crippen molar-refractivity contribution in [2.75, 3.05) is 0 Å². The Morgan fingerprint density at radius 3 is 2.11 bits per heavy atom. The molecule has 0 fully saturated rings. The Balaban J connectivity index is 2.63. The van der Waals surface area contributed by atoms with Gasteiger partial charge in [-0.15, -0.1) is 0 Å². The molecule has 0 spiro atoms. The molecule has 1 unspecified atom stereocenters. The molecule has 100 valence electrons. The van der Waals surface area contributed by atoms with E-state index in [1.54, 1.807) is 6.07 Å². The van der Waals surface area contributed by atoms with Crippen molar-refractivity contribution in [3.05, 3.63) is 67.9 Å². The average Bonchev–Trinajstić information content (AvgIpc) is 2.34. The molecule has 2 aromatic carbocycles. The largest absolute Gasteiger partial charge is 0.320 e. The van der Waals surface area contributed by atoms with E-state index in [1.165, 1.54) is 18.2 Å². The molecule has 2 N–H and O–H groups in total. The lowest BCUT2D eigenvalue weighted by atomic mass is 9.98. The van der Waals surface area contributed by atoms with Gasteiger partial charge in [-0.25, -0.2) is 13.2 Å². The van der Waals surface area contributed by atoms with Crippen molar-refractivity contribution in [3.8, 4) is 0 Å². The highest BCUT2D eigenvalue weighted by Crippen LogP contribution is 2.33. The molecule has 0 saturated carbocycles. The molecule has 1 atom stereocenters. The van der Waals surface area contributed by atoms with Crippen LogP contribution in [-0.2, 0) is 0 Å². The van der Waals surface area contributed by atoms with Crippen LogP contribution in [0.5, 0.6) is 0 Å². The summed E-state index contributed by atoms with van der Waals surface area (Å²) in [6.07, 6.45) is 0. The maximum atomic E-state index is 14.0. The van der Waals surface area contributed by atoms with Gasteiger partial charge >= 0.3 is 0 Å². The van der Waals surface area contributed by atoms with E-state index in [0.717, 1.165) is 6.07 Å². The van der Waals surface area contributed by atoms with E-state index in [-0.39, 0.29) is 15.6 Å². The predicted octanol–water partition coefficient (Wildman–Crippen LogP) is 4.68. The smallest absolute Gasteiger partial charge is 0.145 e. The first-order valence-electron chi connectivity index (χ1n) is 5.26. The van der Waals surface area contributed by atoms with Gasteiger partial charge in [0.1, 0.15) is 17.5 Å². The topological polar surface area (TPSA) is 26.0 Å². The van der Waals surface area contributed by atoms with Crippen LogP contribution < -0.4 is 5.73 Å². The van der Waals surface area contributed by atoms with Crippen molar-refractivity contribution in [1.82, 2.24) is 0 Å². The first kappa shape index (κ1) is 14.6. The van der Waals surface area contributed by atoms with Crippen LogP contribution >= 0.6 is 31.9 Å². The molecule has 0 amide bonds. The number of nitrogens with two attached hydrogens (primary N) is 1. The van der Waals surface area contributed by atoms with E-state index in [0.29, 0.717) is 4.47 Å². The van der Waals surface area contributed by atoms with E-state index < -0.39 is 23.5 Å². The van der Waals surface area contributed by atoms with E-state index in [2.05, 4.69) is 31.9 Å². The molecular weight excluding hydrogens is 387 g/mol. The van der Waals surface area contributed by atoms with Crippen molar-refractivity contribution in [2.24, 2.45) is 5.73 Å². The fraction of sp³-hybridized carbons (Fsp3) is 0.0769. The van der Waals surface area contributed by atoms with Crippen molar-refractivity contribution in [2.45, 2.75) is 6.04 Å². The van der Waals surface area contributed by atoms with E-state index in [9.17, 15) is 13.2 Å². The molecular formula is C13H8Br2F3N. The van der Waals surface area contributed by atoms with Gasteiger partial charge in [-0.1, -0.05) is 22.0 Å². The summed E-state index contributed by atoms with van der Waals surface area (Å²) in [4.78, 5) is 0.